The molecule has 11 atom stereocenters. The Morgan fingerprint density at radius 2 is 1.47 bits per heavy atom. The Morgan fingerprint density at radius 3 is 2.14 bits per heavy atom. The lowest BCUT2D eigenvalue weighted by Gasteiger charge is -2.63. The van der Waals surface area contributed by atoms with Crippen LogP contribution in [-0.4, -0.2) is 48.8 Å². The van der Waals surface area contributed by atoms with E-state index in [0.29, 0.717) is 22.7 Å². The summed E-state index contributed by atoms with van der Waals surface area (Å²) in [6, 6.07) is 0. The summed E-state index contributed by atoms with van der Waals surface area (Å²) < 4.78 is 19.3. The molecule has 5 saturated carbocycles. The SMILES string of the molecule is CO[C@H]1C[C@@]2(C)[C@@H]3CCC4C(C)(C)[C@@H](O)CC[C@@]45C[C@@]35CC[C@]2(C)C1[C@@]1(C)CCC(C(C)(C)OC)O1. The molecule has 0 radical (unpaired) electrons. The zero-order valence-corrected chi connectivity index (χ0v) is 24.7. The summed E-state index contributed by atoms with van der Waals surface area (Å²) in [7, 11) is 3.77. The first-order chi connectivity index (χ1) is 16.7. The van der Waals surface area contributed by atoms with Crippen LogP contribution in [0.25, 0.3) is 0 Å². The molecule has 6 aliphatic rings. The van der Waals surface area contributed by atoms with E-state index < -0.39 is 0 Å². The van der Waals surface area contributed by atoms with Crippen molar-refractivity contribution in [1.82, 2.24) is 0 Å². The number of hydrogen-bond acceptors (Lipinski definition) is 4. The van der Waals surface area contributed by atoms with Gasteiger partial charge in [0.15, 0.2) is 0 Å². The van der Waals surface area contributed by atoms with Gasteiger partial charge in [-0.25, -0.2) is 0 Å². The number of ether oxygens (including phenoxy) is 3. The number of methoxy groups -OCH3 is 2. The summed E-state index contributed by atoms with van der Waals surface area (Å²) in [4.78, 5) is 0. The second-order valence-corrected chi connectivity index (χ2v) is 16.1. The normalized spacial score (nSPS) is 57.5. The van der Waals surface area contributed by atoms with Crippen molar-refractivity contribution in [3.05, 3.63) is 0 Å². The highest BCUT2D eigenvalue weighted by Crippen LogP contribution is 2.89. The molecule has 1 saturated heterocycles. The van der Waals surface area contributed by atoms with Gasteiger partial charge in [-0.2, -0.15) is 0 Å². The Kier molecular flexibility index (Phi) is 5.45. The van der Waals surface area contributed by atoms with Gasteiger partial charge in [-0.15, -0.1) is 0 Å². The van der Waals surface area contributed by atoms with Crippen LogP contribution in [0.3, 0.4) is 0 Å². The molecular weight excluding hydrogens is 448 g/mol. The van der Waals surface area contributed by atoms with Crippen LogP contribution >= 0.6 is 0 Å². The summed E-state index contributed by atoms with van der Waals surface area (Å²) in [6.07, 6.45) is 12.5. The molecular formula is C32H54O4. The van der Waals surface area contributed by atoms with Gasteiger partial charge in [0.05, 0.1) is 29.5 Å². The average molecular weight is 503 g/mol. The van der Waals surface area contributed by atoms with Gasteiger partial charge in [-0.05, 0) is 124 Å². The van der Waals surface area contributed by atoms with Gasteiger partial charge in [-0.1, -0.05) is 27.7 Å². The minimum absolute atomic E-state index is 0.0516. The number of fused-ring (bicyclic) bond motifs is 2. The molecule has 2 spiro atoms. The van der Waals surface area contributed by atoms with Crippen LogP contribution in [0.5, 0.6) is 0 Å². The number of aliphatic hydroxyl groups is 1. The molecule has 206 valence electrons. The molecule has 0 aromatic heterocycles. The Balaban J connectivity index is 1.35. The molecule has 1 aliphatic heterocycles. The molecule has 0 bridgehead atoms. The molecule has 0 amide bonds. The largest absolute Gasteiger partial charge is 0.393 e. The van der Waals surface area contributed by atoms with E-state index in [1.165, 1.54) is 44.9 Å². The maximum Gasteiger partial charge on any atom is 0.0883 e. The summed E-state index contributed by atoms with van der Waals surface area (Å²) in [5, 5.41) is 11.0. The molecule has 0 aromatic carbocycles. The van der Waals surface area contributed by atoms with Crippen molar-refractivity contribution in [2.75, 3.05) is 14.2 Å². The summed E-state index contributed by atoms with van der Waals surface area (Å²) >= 11 is 0. The van der Waals surface area contributed by atoms with E-state index in [-0.39, 0.29) is 45.8 Å². The topological polar surface area (TPSA) is 47.9 Å². The van der Waals surface area contributed by atoms with E-state index in [0.717, 1.165) is 25.2 Å². The van der Waals surface area contributed by atoms with Crippen molar-refractivity contribution in [3.63, 3.8) is 0 Å². The number of rotatable bonds is 4. The zero-order chi connectivity index (χ0) is 26.2. The van der Waals surface area contributed by atoms with E-state index in [4.69, 9.17) is 14.2 Å². The first kappa shape index (κ1) is 26.1. The van der Waals surface area contributed by atoms with Gasteiger partial charge in [-0.3, -0.25) is 0 Å². The minimum Gasteiger partial charge on any atom is -0.393 e. The van der Waals surface area contributed by atoms with Crippen LogP contribution in [-0.2, 0) is 14.2 Å². The fourth-order valence-electron chi connectivity index (χ4n) is 12.4. The van der Waals surface area contributed by atoms with Gasteiger partial charge >= 0.3 is 0 Å². The average Bonchev–Trinajstić information content (AvgIpc) is 3.20. The van der Waals surface area contributed by atoms with Gasteiger partial charge < -0.3 is 19.3 Å². The lowest BCUT2D eigenvalue weighted by molar-refractivity contribution is -0.200. The van der Waals surface area contributed by atoms with Crippen molar-refractivity contribution in [3.8, 4) is 0 Å². The van der Waals surface area contributed by atoms with E-state index >= 15 is 0 Å². The fraction of sp³-hybridized carbons (Fsp3) is 1.00. The third-order valence-corrected chi connectivity index (χ3v) is 14.6. The van der Waals surface area contributed by atoms with Gasteiger partial charge in [0.1, 0.15) is 0 Å². The molecule has 5 aliphatic carbocycles. The third kappa shape index (κ3) is 2.87. The van der Waals surface area contributed by atoms with Crippen LogP contribution in [0.2, 0.25) is 0 Å². The van der Waals surface area contributed by atoms with Crippen molar-refractivity contribution >= 4 is 0 Å². The van der Waals surface area contributed by atoms with Crippen LogP contribution in [0.15, 0.2) is 0 Å². The predicted octanol–water partition coefficient (Wildman–Crippen LogP) is 6.77. The first-order valence-corrected chi connectivity index (χ1v) is 15.1. The summed E-state index contributed by atoms with van der Waals surface area (Å²) in [6.45, 7) is 16.8. The Bertz CT molecular complexity index is 914. The second kappa shape index (κ2) is 7.52. The highest BCUT2D eigenvalue weighted by Gasteiger charge is 2.83. The lowest BCUT2D eigenvalue weighted by Crippen LogP contribution is -2.59. The fourth-order valence-corrected chi connectivity index (χ4v) is 12.4. The maximum atomic E-state index is 11.0. The maximum absolute atomic E-state index is 11.0. The standard InChI is InChI=1S/C32H54O4/c1-26(2)21-10-11-22-29(6)18-20(34-8)25(30(7)14-13-24(36-30)27(3,4)35-9)28(29,5)16-17-32(22)19-31(21,32)15-12-23(26)33/h20-25,33H,10-19H2,1-9H3/t20-,21?,22-,23-,24?,25?,28+,29-,30+,31+,32-/m0/s1. The molecule has 36 heavy (non-hydrogen) atoms. The zero-order valence-electron chi connectivity index (χ0n) is 24.7. The van der Waals surface area contributed by atoms with Gasteiger partial charge in [0.2, 0.25) is 0 Å². The molecule has 0 aromatic rings. The van der Waals surface area contributed by atoms with Crippen molar-refractivity contribution in [2.24, 2.45) is 44.8 Å². The first-order valence-electron chi connectivity index (χ1n) is 15.1. The number of aliphatic hydroxyl groups excluding tert-OH is 1. The van der Waals surface area contributed by atoms with Gasteiger partial charge in [0.25, 0.3) is 0 Å². The molecule has 6 fully saturated rings. The molecule has 1 heterocycles. The Labute approximate surface area is 220 Å². The molecule has 3 unspecified atom stereocenters. The van der Waals surface area contributed by atoms with E-state index in [9.17, 15) is 5.11 Å². The van der Waals surface area contributed by atoms with Crippen LogP contribution < -0.4 is 0 Å². The smallest absolute Gasteiger partial charge is 0.0883 e. The van der Waals surface area contributed by atoms with E-state index in [1.54, 1.807) is 0 Å². The van der Waals surface area contributed by atoms with Crippen molar-refractivity contribution in [2.45, 2.75) is 142 Å². The Morgan fingerprint density at radius 1 is 0.806 bits per heavy atom. The minimum atomic E-state index is -0.267. The predicted molar refractivity (Wildman–Crippen MR) is 143 cm³/mol. The monoisotopic (exact) mass is 502 g/mol. The van der Waals surface area contributed by atoms with Crippen LogP contribution in [0.1, 0.15) is 113 Å². The van der Waals surface area contributed by atoms with Gasteiger partial charge in [0, 0.05) is 20.1 Å². The van der Waals surface area contributed by atoms with Crippen LogP contribution in [0, 0.1) is 44.8 Å². The van der Waals surface area contributed by atoms with Crippen molar-refractivity contribution < 1.29 is 19.3 Å². The Hall–Kier alpha value is -0.160. The number of hydrogen-bond donors (Lipinski definition) is 1. The lowest BCUT2D eigenvalue weighted by atomic mass is 9.41. The molecule has 4 nitrogen and oxygen atoms in total. The van der Waals surface area contributed by atoms with Crippen LogP contribution in [0.4, 0.5) is 0 Å². The highest BCUT2D eigenvalue weighted by molar-refractivity contribution is 5.32. The summed E-state index contributed by atoms with van der Waals surface area (Å²) in [5.74, 6) is 1.86. The second-order valence-electron chi connectivity index (χ2n) is 16.1. The third-order valence-electron chi connectivity index (χ3n) is 14.6. The van der Waals surface area contributed by atoms with E-state index in [2.05, 4.69) is 48.5 Å². The molecule has 4 heteroatoms. The quantitative estimate of drug-likeness (QED) is 0.461. The molecule has 1 N–H and O–H groups in total. The summed E-state index contributed by atoms with van der Waals surface area (Å²) in [5.41, 5.74) is 1.06. The van der Waals surface area contributed by atoms with Crippen molar-refractivity contribution in [1.29, 1.82) is 0 Å². The molecule has 6 rings (SSSR count). The van der Waals surface area contributed by atoms with E-state index in [1.807, 2.05) is 14.2 Å². The highest BCUT2D eigenvalue weighted by atomic mass is 16.6.